The summed E-state index contributed by atoms with van der Waals surface area (Å²) < 4.78 is 10.6. The van der Waals surface area contributed by atoms with Crippen LogP contribution in [0, 0.1) is 0 Å². The molecule has 0 unspecified atom stereocenters. The monoisotopic (exact) mass is 114 g/mol. The lowest BCUT2D eigenvalue weighted by molar-refractivity contribution is -0.0335. The molecule has 2 saturated heterocycles. The minimum atomic E-state index is 0.00463. The van der Waals surface area contributed by atoms with Crippen molar-refractivity contribution in [3.63, 3.8) is 0 Å². The Morgan fingerprint density at radius 3 is 2.38 bits per heavy atom. The van der Waals surface area contributed by atoms with Crippen LogP contribution in [0.4, 0.5) is 0 Å². The molecule has 46 valence electrons. The van der Waals surface area contributed by atoms with Crippen molar-refractivity contribution >= 4 is 0 Å². The number of fused-ring (bicyclic) bond motifs is 1. The van der Waals surface area contributed by atoms with Crippen molar-refractivity contribution in [2.75, 3.05) is 6.61 Å². The highest BCUT2D eigenvalue weighted by molar-refractivity contribution is 5.02. The highest BCUT2D eigenvalue weighted by Crippen LogP contribution is 2.41. The predicted molar refractivity (Wildman–Crippen MR) is 28.7 cm³/mol. The molecule has 8 heavy (non-hydrogen) atoms. The highest BCUT2D eigenvalue weighted by atomic mass is 16.7. The minimum absolute atomic E-state index is 0.00463. The van der Waals surface area contributed by atoms with Crippen LogP contribution in [0.15, 0.2) is 0 Å². The van der Waals surface area contributed by atoms with Crippen LogP contribution in [0.5, 0.6) is 0 Å². The first-order valence-electron chi connectivity index (χ1n) is 2.99. The van der Waals surface area contributed by atoms with Crippen molar-refractivity contribution < 1.29 is 9.47 Å². The average Bonchev–Trinajstić information content (AvgIpc) is 2.34. The molecule has 2 fully saturated rings. The summed E-state index contributed by atoms with van der Waals surface area (Å²) >= 11 is 0. The van der Waals surface area contributed by atoms with Gasteiger partial charge < -0.3 is 9.47 Å². The topological polar surface area (TPSA) is 21.8 Å². The molecule has 0 radical (unpaired) electrons. The quantitative estimate of drug-likeness (QED) is 0.429. The van der Waals surface area contributed by atoms with E-state index in [1.54, 1.807) is 0 Å². The van der Waals surface area contributed by atoms with E-state index in [9.17, 15) is 0 Å². The molecule has 2 nitrogen and oxygen atoms in total. The molecule has 0 aromatic heterocycles. The van der Waals surface area contributed by atoms with Crippen molar-refractivity contribution in [2.24, 2.45) is 0 Å². The number of ether oxygens (including phenoxy) is 2. The molecule has 2 heteroatoms. The lowest BCUT2D eigenvalue weighted by Gasteiger charge is -2.17. The second-order valence-electron chi connectivity index (χ2n) is 3.01. The third kappa shape index (κ3) is 0.446. The Balaban J connectivity index is 2.17. The molecule has 0 aromatic carbocycles. The average molecular weight is 114 g/mol. The third-order valence-corrected chi connectivity index (χ3v) is 1.89. The van der Waals surface area contributed by atoms with Gasteiger partial charge in [0.05, 0.1) is 12.2 Å². The summed E-state index contributed by atoms with van der Waals surface area (Å²) in [5.41, 5.74) is 0.00463. The standard InChI is InChI=1S/C6H10O2/c1-6(2)5-4(8-5)3-7-6/h4-5H,3H2,1-2H3/t4-,5-/m0/s1. The summed E-state index contributed by atoms with van der Waals surface area (Å²) in [4.78, 5) is 0. The zero-order valence-corrected chi connectivity index (χ0v) is 5.18. The molecule has 0 bridgehead atoms. The molecule has 2 atom stereocenters. The van der Waals surface area contributed by atoms with E-state index in [1.807, 2.05) is 0 Å². The number of hydrogen-bond acceptors (Lipinski definition) is 2. The summed E-state index contributed by atoms with van der Waals surface area (Å²) in [6, 6.07) is 0. The van der Waals surface area contributed by atoms with Gasteiger partial charge in [0.2, 0.25) is 0 Å². The van der Waals surface area contributed by atoms with Crippen LogP contribution in [0.3, 0.4) is 0 Å². The molecule has 2 heterocycles. The zero-order chi connectivity index (χ0) is 5.78. The van der Waals surface area contributed by atoms with Crippen molar-refractivity contribution in [3.05, 3.63) is 0 Å². The van der Waals surface area contributed by atoms with Crippen molar-refractivity contribution in [1.82, 2.24) is 0 Å². The summed E-state index contributed by atoms with van der Waals surface area (Å²) in [5.74, 6) is 0. The van der Waals surface area contributed by atoms with E-state index < -0.39 is 0 Å². The Labute approximate surface area is 48.8 Å². The van der Waals surface area contributed by atoms with Gasteiger partial charge in [0.1, 0.15) is 12.2 Å². The molecule has 2 rings (SSSR count). The first-order valence-corrected chi connectivity index (χ1v) is 2.99. The lowest BCUT2D eigenvalue weighted by Crippen LogP contribution is -2.26. The van der Waals surface area contributed by atoms with Crippen LogP contribution < -0.4 is 0 Å². The molecule has 0 aromatic rings. The number of epoxide rings is 1. The van der Waals surface area contributed by atoms with Gasteiger partial charge in [-0.05, 0) is 13.8 Å². The maximum absolute atomic E-state index is 5.38. The summed E-state index contributed by atoms with van der Waals surface area (Å²) in [6.07, 6.45) is 0.840. The Kier molecular flexibility index (Phi) is 0.649. The van der Waals surface area contributed by atoms with E-state index in [2.05, 4.69) is 13.8 Å². The molecule has 0 saturated carbocycles. The van der Waals surface area contributed by atoms with Crippen LogP contribution >= 0.6 is 0 Å². The van der Waals surface area contributed by atoms with E-state index in [4.69, 9.17) is 9.47 Å². The van der Waals surface area contributed by atoms with E-state index in [1.165, 1.54) is 0 Å². The largest absolute Gasteiger partial charge is 0.370 e. The Morgan fingerprint density at radius 2 is 2.25 bits per heavy atom. The molecule has 0 amide bonds. The SMILES string of the molecule is CC1(C)OC[C@@H]2O[C@@H]21. The van der Waals surface area contributed by atoms with Crippen LogP contribution in [0.1, 0.15) is 13.8 Å². The van der Waals surface area contributed by atoms with Gasteiger partial charge in [-0.2, -0.15) is 0 Å². The fraction of sp³-hybridized carbons (Fsp3) is 1.00. The smallest absolute Gasteiger partial charge is 0.115 e. The second-order valence-corrected chi connectivity index (χ2v) is 3.01. The van der Waals surface area contributed by atoms with Gasteiger partial charge in [-0.15, -0.1) is 0 Å². The van der Waals surface area contributed by atoms with Gasteiger partial charge in [0.25, 0.3) is 0 Å². The van der Waals surface area contributed by atoms with Crippen LogP contribution in [0.2, 0.25) is 0 Å². The van der Waals surface area contributed by atoms with Gasteiger partial charge >= 0.3 is 0 Å². The van der Waals surface area contributed by atoms with E-state index in [-0.39, 0.29) is 5.60 Å². The molecule has 0 N–H and O–H groups in total. The fourth-order valence-electron chi connectivity index (χ4n) is 1.26. The molecular weight excluding hydrogens is 104 g/mol. The normalized spacial score (nSPS) is 48.8. The van der Waals surface area contributed by atoms with E-state index in [0.29, 0.717) is 12.2 Å². The van der Waals surface area contributed by atoms with Gasteiger partial charge in [0, 0.05) is 0 Å². The van der Waals surface area contributed by atoms with Crippen LogP contribution in [-0.4, -0.2) is 24.4 Å². The van der Waals surface area contributed by atoms with Crippen LogP contribution in [-0.2, 0) is 9.47 Å². The second kappa shape index (κ2) is 1.09. The predicted octanol–water partition coefficient (Wildman–Crippen LogP) is 0.563. The zero-order valence-electron chi connectivity index (χ0n) is 5.18. The molecule has 0 spiro atoms. The summed E-state index contributed by atoms with van der Waals surface area (Å²) in [6.45, 7) is 4.95. The first kappa shape index (κ1) is 4.77. The van der Waals surface area contributed by atoms with Gasteiger partial charge in [-0.3, -0.25) is 0 Å². The number of hydrogen-bond donors (Lipinski definition) is 0. The van der Waals surface area contributed by atoms with E-state index in [0.717, 1.165) is 6.61 Å². The van der Waals surface area contributed by atoms with Gasteiger partial charge in [-0.25, -0.2) is 0 Å². The Bertz CT molecular complexity index is 120. The van der Waals surface area contributed by atoms with Crippen molar-refractivity contribution in [1.29, 1.82) is 0 Å². The van der Waals surface area contributed by atoms with Crippen LogP contribution in [0.25, 0.3) is 0 Å². The molecular formula is C6H10O2. The fourth-order valence-corrected chi connectivity index (χ4v) is 1.26. The summed E-state index contributed by atoms with van der Waals surface area (Å²) in [7, 11) is 0. The maximum atomic E-state index is 5.38. The minimum Gasteiger partial charge on any atom is -0.370 e. The van der Waals surface area contributed by atoms with E-state index >= 15 is 0 Å². The van der Waals surface area contributed by atoms with Gasteiger partial charge in [0.15, 0.2) is 0 Å². The maximum Gasteiger partial charge on any atom is 0.115 e. The Hall–Kier alpha value is -0.0800. The highest BCUT2D eigenvalue weighted by Gasteiger charge is 2.56. The molecule has 2 aliphatic rings. The summed E-state index contributed by atoms with van der Waals surface area (Å²) in [5, 5.41) is 0. The molecule has 0 aliphatic carbocycles. The van der Waals surface area contributed by atoms with Crippen molar-refractivity contribution in [3.8, 4) is 0 Å². The van der Waals surface area contributed by atoms with Crippen molar-refractivity contribution in [2.45, 2.75) is 31.7 Å². The van der Waals surface area contributed by atoms with Gasteiger partial charge in [-0.1, -0.05) is 0 Å². The first-order chi connectivity index (χ1) is 3.70. The molecule has 2 aliphatic heterocycles. The number of rotatable bonds is 0. The third-order valence-electron chi connectivity index (χ3n) is 1.89. The Morgan fingerprint density at radius 1 is 1.50 bits per heavy atom. The lowest BCUT2D eigenvalue weighted by atomic mass is 10.1.